The summed E-state index contributed by atoms with van der Waals surface area (Å²) < 4.78 is 0. The Kier molecular flexibility index (Phi) is 5.25. The van der Waals surface area contributed by atoms with E-state index in [4.69, 9.17) is 5.73 Å². The third-order valence-corrected chi connectivity index (χ3v) is 5.35. The molecule has 2 saturated heterocycles. The van der Waals surface area contributed by atoms with Gasteiger partial charge < -0.3 is 15.7 Å². The van der Waals surface area contributed by atoms with Crippen molar-refractivity contribution in [2.75, 3.05) is 6.54 Å². The van der Waals surface area contributed by atoms with Gasteiger partial charge in [0.15, 0.2) is 0 Å². The van der Waals surface area contributed by atoms with E-state index >= 15 is 0 Å². The predicted octanol–water partition coefficient (Wildman–Crippen LogP) is 1.85. The fourth-order valence-electron chi connectivity index (χ4n) is 4.11. The lowest BCUT2D eigenvalue weighted by molar-refractivity contribution is -0.143. The van der Waals surface area contributed by atoms with Gasteiger partial charge in [0, 0.05) is 18.5 Å². The summed E-state index contributed by atoms with van der Waals surface area (Å²) in [6, 6.07) is 0.0996. The number of nitrogens with two attached hydrogens (primary N) is 1. The number of carbonyl (C=O) groups excluding carboxylic acids is 1. The van der Waals surface area contributed by atoms with Crippen molar-refractivity contribution in [2.45, 2.75) is 64.5 Å². The van der Waals surface area contributed by atoms with Crippen LogP contribution in [0.1, 0.15) is 52.4 Å². The first-order chi connectivity index (χ1) is 9.95. The first-order valence-electron chi connectivity index (χ1n) is 8.19. The predicted molar refractivity (Wildman–Crippen MR) is 80.6 cm³/mol. The highest BCUT2D eigenvalue weighted by molar-refractivity contribution is 5.80. The maximum Gasteiger partial charge on any atom is 0.308 e. The van der Waals surface area contributed by atoms with Gasteiger partial charge >= 0.3 is 5.97 Å². The van der Waals surface area contributed by atoms with Crippen molar-refractivity contribution >= 4 is 11.9 Å². The van der Waals surface area contributed by atoms with Crippen molar-refractivity contribution in [2.24, 2.45) is 23.5 Å². The molecule has 120 valence electrons. The zero-order valence-corrected chi connectivity index (χ0v) is 13.1. The van der Waals surface area contributed by atoms with E-state index < -0.39 is 5.97 Å². The van der Waals surface area contributed by atoms with E-state index in [0.717, 1.165) is 25.7 Å². The van der Waals surface area contributed by atoms with Crippen LogP contribution >= 0.6 is 0 Å². The molecule has 2 aliphatic heterocycles. The number of hydrogen-bond donors (Lipinski definition) is 2. The second kappa shape index (κ2) is 6.77. The molecular weight excluding hydrogens is 268 g/mol. The molecule has 3 N–H and O–H groups in total. The number of carboxylic acids is 1. The molecule has 5 nitrogen and oxygen atoms in total. The largest absolute Gasteiger partial charge is 0.481 e. The number of rotatable bonds is 7. The van der Waals surface area contributed by atoms with Gasteiger partial charge in [0.2, 0.25) is 5.91 Å². The van der Waals surface area contributed by atoms with E-state index in [1.54, 1.807) is 0 Å². The van der Waals surface area contributed by atoms with Crippen LogP contribution in [0.3, 0.4) is 0 Å². The Morgan fingerprint density at radius 2 is 2.00 bits per heavy atom. The van der Waals surface area contributed by atoms with Crippen molar-refractivity contribution in [1.82, 2.24) is 4.90 Å². The summed E-state index contributed by atoms with van der Waals surface area (Å²) in [5, 5.41) is 9.24. The summed E-state index contributed by atoms with van der Waals surface area (Å²) in [5.41, 5.74) is 5.64. The normalized spacial score (nSPS) is 29.1. The minimum Gasteiger partial charge on any atom is -0.481 e. The van der Waals surface area contributed by atoms with Crippen LogP contribution in [-0.2, 0) is 9.59 Å². The summed E-state index contributed by atoms with van der Waals surface area (Å²) >= 11 is 0. The van der Waals surface area contributed by atoms with Crippen LogP contribution in [0.4, 0.5) is 0 Å². The second-order valence-electron chi connectivity index (χ2n) is 6.90. The molecular formula is C16H28N2O3. The molecule has 2 rings (SSSR count). The number of amides is 1. The lowest BCUT2D eigenvalue weighted by Gasteiger charge is -2.25. The van der Waals surface area contributed by atoms with E-state index in [2.05, 4.69) is 13.8 Å². The van der Waals surface area contributed by atoms with Crippen LogP contribution in [0.25, 0.3) is 0 Å². The van der Waals surface area contributed by atoms with Crippen LogP contribution < -0.4 is 5.73 Å². The topological polar surface area (TPSA) is 83.6 Å². The minimum absolute atomic E-state index is 0.0630. The van der Waals surface area contributed by atoms with Crippen molar-refractivity contribution in [3.8, 4) is 0 Å². The lowest BCUT2D eigenvalue weighted by atomic mass is 9.88. The fourth-order valence-corrected chi connectivity index (χ4v) is 4.11. The monoisotopic (exact) mass is 296 g/mol. The van der Waals surface area contributed by atoms with Gasteiger partial charge in [0.05, 0.1) is 5.92 Å². The van der Waals surface area contributed by atoms with Gasteiger partial charge in [-0.1, -0.05) is 13.8 Å². The van der Waals surface area contributed by atoms with E-state index in [1.807, 2.05) is 4.90 Å². The number of carboxylic acid groups (broad SMARTS) is 1. The molecule has 4 atom stereocenters. The summed E-state index contributed by atoms with van der Waals surface area (Å²) in [4.78, 5) is 25.6. The third-order valence-electron chi connectivity index (χ3n) is 5.35. The maximum absolute atomic E-state index is 12.5. The number of carbonyl (C=O) groups is 2. The molecule has 0 aromatic rings. The van der Waals surface area contributed by atoms with Crippen LogP contribution in [-0.4, -0.2) is 40.5 Å². The minimum atomic E-state index is -0.747. The zero-order valence-electron chi connectivity index (χ0n) is 13.1. The van der Waals surface area contributed by atoms with Gasteiger partial charge in [-0.3, -0.25) is 9.59 Å². The molecule has 5 heteroatoms. The number of aliphatic carboxylic acids is 1. The molecule has 4 unspecified atom stereocenters. The van der Waals surface area contributed by atoms with Gasteiger partial charge in [-0.2, -0.15) is 0 Å². The summed E-state index contributed by atoms with van der Waals surface area (Å²) in [6.45, 7) is 5.00. The average molecular weight is 296 g/mol. The van der Waals surface area contributed by atoms with Crippen LogP contribution in [0.15, 0.2) is 0 Å². The standard InChI is InChI=1S/C16H28N2O3/c1-10(2)11(7-8-17)3-6-15(19)18-12-4-5-14(18)13(9-12)16(20)21/h10-14H,3-9,17H2,1-2H3,(H,20,21). The van der Waals surface area contributed by atoms with Crippen molar-refractivity contribution in [3.63, 3.8) is 0 Å². The van der Waals surface area contributed by atoms with Gasteiger partial charge in [0.1, 0.15) is 0 Å². The van der Waals surface area contributed by atoms with Gasteiger partial charge in [-0.05, 0) is 50.5 Å². The Balaban J connectivity index is 1.91. The second-order valence-corrected chi connectivity index (χ2v) is 6.90. The smallest absolute Gasteiger partial charge is 0.308 e. The highest BCUT2D eigenvalue weighted by atomic mass is 16.4. The SMILES string of the molecule is CC(C)C(CCN)CCC(=O)N1C2CCC1C(C(=O)O)C2. The number of hydrogen-bond acceptors (Lipinski definition) is 3. The molecule has 0 spiro atoms. The van der Waals surface area contributed by atoms with Crippen LogP contribution in [0.5, 0.6) is 0 Å². The third kappa shape index (κ3) is 3.39. The molecule has 0 radical (unpaired) electrons. The first-order valence-corrected chi connectivity index (χ1v) is 8.19. The van der Waals surface area contributed by atoms with Crippen molar-refractivity contribution in [3.05, 3.63) is 0 Å². The zero-order chi connectivity index (χ0) is 15.6. The molecule has 1 amide bonds. The van der Waals surface area contributed by atoms with Crippen LogP contribution in [0, 0.1) is 17.8 Å². The van der Waals surface area contributed by atoms with Crippen molar-refractivity contribution < 1.29 is 14.7 Å². The Morgan fingerprint density at radius 1 is 1.29 bits per heavy atom. The Labute approximate surface area is 126 Å². The van der Waals surface area contributed by atoms with Gasteiger partial charge in [0.25, 0.3) is 0 Å². The number of fused-ring (bicyclic) bond motifs is 2. The molecule has 21 heavy (non-hydrogen) atoms. The van der Waals surface area contributed by atoms with Gasteiger partial charge in [-0.25, -0.2) is 0 Å². The molecule has 0 aliphatic carbocycles. The number of nitrogens with zero attached hydrogens (tertiary/aromatic N) is 1. The lowest BCUT2D eigenvalue weighted by Crippen LogP contribution is -2.38. The molecule has 0 aromatic heterocycles. The molecule has 0 saturated carbocycles. The molecule has 2 bridgehead atoms. The Bertz CT molecular complexity index is 397. The van der Waals surface area contributed by atoms with Gasteiger partial charge in [-0.15, -0.1) is 0 Å². The maximum atomic E-state index is 12.5. The van der Waals surface area contributed by atoms with Crippen molar-refractivity contribution in [1.29, 1.82) is 0 Å². The first kappa shape index (κ1) is 16.3. The average Bonchev–Trinajstić information content (AvgIpc) is 3.00. The van der Waals surface area contributed by atoms with E-state index in [0.29, 0.717) is 31.2 Å². The summed E-state index contributed by atoms with van der Waals surface area (Å²) in [5.74, 6) is 0.0626. The van der Waals surface area contributed by atoms with Crippen LogP contribution in [0.2, 0.25) is 0 Å². The highest BCUT2D eigenvalue weighted by Gasteiger charge is 2.50. The van der Waals surface area contributed by atoms with E-state index in [-0.39, 0.29) is 23.9 Å². The highest BCUT2D eigenvalue weighted by Crippen LogP contribution is 2.42. The molecule has 0 aromatic carbocycles. The molecule has 2 fully saturated rings. The Morgan fingerprint density at radius 3 is 2.52 bits per heavy atom. The fraction of sp³-hybridized carbons (Fsp3) is 0.875. The van der Waals surface area contributed by atoms with E-state index in [1.165, 1.54) is 0 Å². The summed E-state index contributed by atoms with van der Waals surface area (Å²) in [7, 11) is 0. The summed E-state index contributed by atoms with van der Waals surface area (Å²) in [6.07, 6.45) is 4.81. The molecule has 2 heterocycles. The van der Waals surface area contributed by atoms with E-state index in [9.17, 15) is 14.7 Å². The molecule has 2 aliphatic rings. The quantitative estimate of drug-likeness (QED) is 0.751. The Hall–Kier alpha value is -1.10.